The molecule has 1 heterocycles. The molecule has 0 aromatic heterocycles. The summed E-state index contributed by atoms with van der Waals surface area (Å²) in [5, 5.41) is 9.17. The zero-order chi connectivity index (χ0) is 9.14. The highest BCUT2D eigenvalue weighted by molar-refractivity contribution is 4.80. The molecular formula is C9H20N2O. The van der Waals surface area contributed by atoms with E-state index in [0.29, 0.717) is 5.92 Å². The van der Waals surface area contributed by atoms with Crippen molar-refractivity contribution in [1.29, 1.82) is 0 Å². The maximum atomic E-state index is 9.17. The van der Waals surface area contributed by atoms with Crippen molar-refractivity contribution in [3.63, 3.8) is 0 Å². The molecule has 1 rings (SSSR count). The molecule has 3 heteroatoms. The molecule has 0 aliphatic carbocycles. The van der Waals surface area contributed by atoms with Gasteiger partial charge in [0.05, 0.1) is 6.10 Å². The van der Waals surface area contributed by atoms with Gasteiger partial charge >= 0.3 is 0 Å². The van der Waals surface area contributed by atoms with Gasteiger partial charge in [-0.2, -0.15) is 0 Å². The molecule has 12 heavy (non-hydrogen) atoms. The van der Waals surface area contributed by atoms with Crippen molar-refractivity contribution in [1.82, 2.24) is 4.90 Å². The lowest BCUT2D eigenvalue weighted by Gasteiger charge is -2.35. The van der Waals surface area contributed by atoms with E-state index in [1.165, 1.54) is 0 Å². The highest BCUT2D eigenvalue weighted by atomic mass is 16.3. The van der Waals surface area contributed by atoms with Gasteiger partial charge in [-0.15, -0.1) is 0 Å². The zero-order valence-corrected chi connectivity index (χ0v) is 8.03. The molecule has 0 aromatic rings. The lowest BCUT2D eigenvalue weighted by Crippen LogP contribution is -2.49. The fourth-order valence-electron chi connectivity index (χ4n) is 1.71. The Labute approximate surface area is 74.5 Å². The van der Waals surface area contributed by atoms with Crippen LogP contribution in [0.4, 0.5) is 0 Å². The summed E-state index contributed by atoms with van der Waals surface area (Å²) >= 11 is 0. The largest absolute Gasteiger partial charge is 0.392 e. The summed E-state index contributed by atoms with van der Waals surface area (Å²) < 4.78 is 0. The van der Waals surface area contributed by atoms with Crippen LogP contribution in [0.3, 0.4) is 0 Å². The predicted octanol–water partition coefficient (Wildman–Crippen LogP) is 0.0363. The molecule has 0 saturated carbocycles. The van der Waals surface area contributed by atoms with Gasteiger partial charge in [-0.3, -0.25) is 4.90 Å². The zero-order valence-electron chi connectivity index (χ0n) is 8.03. The van der Waals surface area contributed by atoms with Gasteiger partial charge in [0.1, 0.15) is 0 Å². The van der Waals surface area contributed by atoms with E-state index in [4.69, 9.17) is 5.73 Å². The summed E-state index contributed by atoms with van der Waals surface area (Å²) in [5.74, 6) is 0.634. The fraction of sp³-hybridized carbons (Fsp3) is 1.00. The molecule has 1 fully saturated rings. The molecule has 3 nitrogen and oxygen atoms in total. The van der Waals surface area contributed by atoms with Crippen molar-refractivity contribution in [3.05, 3.63) is 0 Å². The number of aliphatic hydroxyl groups excluding tert-OH is 1. The van der Waals surface area contributed by atoms with Gasteiger partial charge in [0.15, 0.2) is 0 Å². The van der Waals surface area contributed by atoms with E-state index in [9.17, 15) is 5.11 Å². The number of aliphatic hydroxyl groups is 1. The topological polar surface area (TPSA) is 49.5 Å². The molecule has 2 unspecified atom stereocenters. The van der Waals surface area contributed by atoms with Crippen molar-refractivity contribution in [3.8, 4) is 0 Å². The normalized spacial score (nSPS) is 35.0. The fourth-order valence-corrected chi connectivity index (χ4v) is 1.71. The minimum absolute atomic E-state index is 0.231. The van der Waals surface area contributed by atoms with Crippen LogP contribution in [0.25, 0.3) is 0 Å². The second-order valence-electron chi connectivity index (χ2n) is 4.04. The molecule has 3 N–H and O–H groups in total. The van der Waals surface area contributed by atoms with Crippen LogP contribution in [0.1, 0.15) is 20.3 Å². The number of hydrogen-bond acceptors (Lipinski definition) is 3. The second kappa shape index (κ2) is 4.21. The van der Waals surface area contributed by atoms with Crippen molar-refractivity contribution in [2.75, 3.05) is 19.6 Å². The highest BCUT2D eigenvalue weighted by Crippen LogP contribution is 2.15. The Morgan fingerprint density at radius 2 is 2.33 bits per heavy atom. The Kier molecular flexibility index (Phi) is 3.50. The minimum Gasteiger partial charge on any atom is -0.392 e. The molecule has 0 spiro atoms. The third-order valence-electron chi connectivity index (χ3n) is 2.62. The van der Waals surface area contributed by atoms with Crippen LogP contribution in [-0.2, 0) is 0 Å². The van der Waals surface area contributed by atoms with Crippen molar-refractivity contribution >= 4 is 0 Å². The van der Waals surface area contributed by atoms with Crippen LogP contribution in [0.15, 0.2) is 0 Å². The summed E-state index contributed by atoms with van der Waals surface area (Å²) in [5.41, 5.74) is 5.92. The second-order valence-corrected chi connectivity index (χ2v) is 4.04. The Balaban J connectivity index is 2.30. The van der Waals surface area contributed by atoms with Crippen LogP contribution in [0.5, 0.6) is 0 Å². The maximum absolute atomic E-state index is 9.17. The van der Waals surface area contributed by atoms with Crippen LogP contribution < -0.4 is 5.73 Å². The Morgan fingerprint density at radius 1 is 1.67 bits per heavy atom. The smallest absolute Gasteiger partial charge is 0.0639 e. The molecule has 72 valence electrons. The van der Waals surface area contributed by atoms with Gasteiger partial charge in [-0.25, -0.2) is 0 Å². The summed E-state index contributed by atoms with van der Waals surface area (Å²) in [6.45, 7) is 6.81. The molecule has 1 aliphatic rings. The number of piperidine rings is 1. The van der Waals surface area contributed by atoms with Gasteiger partial charge < -0.3 is 10.8 Å². The first-order valence-corrected chi connectivity index (χ1v) is 4.75. The standard InChI is InChI=1S/C9H20N2O/c1-7-3-4-11(5-8(2)12)6-9(7)10/h7-9,12H,3-6,10H2,1-2H3/t7?,8-,9?/m0/s1. The van der Waals surface area contributed by atoms with Crippen LogP contribution >= 0.6 is 0 Å². The van der Waals surface area contributed by atoms with Gasteiger partial charge in [0.25, 0.3) is 0 Å². The van der Waals surface area contributed by atoms with E-state index >= 15 is 0 Å². The Morgan fingerprint density at radius 3 is 2.83 bits per heavy atom. The molecule has 0 radical (unpaired) electrons. The van der Waals surface area contributed by atoms with Crippen LogP contribution in [0, 0.1) is 5.92 Å². The molecular weight excluding hydrogens is 152 g/mol. The lowest BCUT2D eigenvalue weighted by atomic mass is 9.94. The Hall–Kier alpha value is -0.120. The summed E-state index contributed by atoms with van der Waals surface area (Å²) in [6.07, 6.45) is 0.930. The molecule has 0 bridgehead atoms. The molecule has 1 aliphatic heterocycles. The maximum Gasteiger partial charge on any atom is 0.0639 e. The van der Waals surface area contributed by atoms with E-state index in [1.54, 1.807) is 0 Å². The number of β-amino-alcohol motifs (C(OH)–C–C–N with tert-alkyl or cyclic N) is 1. The first-order chi connectivity index (χ1) is 5.59. The van der Waals surface area contributed by atoms with E-state index in [1.807, 2.05) is 6.92 Å². The summed E-state index contributed by atoms with van der Waals surface area (Å²) in [6, 6.07) is 0.289. The van der Waals surface area contributed by atoms with E-state index < -0.39 is 0 Å². The van der Waals surface area contributed by atoms with E-state index in [-0.39, 0.29) is 12.1 Å². The predicted molar refractivity (Wildman–Crippen MR) is 49.9 cm³/mol. The van der Waals surface area contributed by atoms with E-state index in [0.717, 1.165) is 26.1 Å². The molecule has 0 amide bonds. The first-order valence-electron chi connectivity index (χ1n) is 4.75. The SMILES string of the molecule is CC1CCN(C[C@H](C)O)CC1N. The van der Waals surface area contributed by atoms with Gasteiger partial charge in [-0.05, 0) is 25.8 Å². The summed E-state index contributed by atoms with van der Waals surface area (Å²) in [4.78, 5) is 2.25. The average molecular weight is 172 g/mol. The number of nitrogens with zero attached hydrogens (tertiary/aromatic N) is 1. The van der Waals surface area contributed by atoms with Crippen LogP contribution in [-0.4, -0.2) is 41.8 Å². The van der Waals surface area contributed by atoms with Crippen LogP contribution in [0.2, 0.25) is 0 Å². The Bertz CT molecular complexity index is 138. The van der Waals surface area contributed by atoms with E-state index in [2.05, 4.69) is 11.8 Å². The average Bonchev–Trinajstić information content (AvgIpc) is 1.96. The third-order valence-corrected chi connectivity index (χ3v) is 2.62. The van der Waals surface area contributed by atoms with Crippen molar-refractivity contribution in [2.45, 2.75) is 32.4 Å². The van der Waals surface area contributed by atoms with Crippen molar-refractivity contribution < 1.29 is 5.11 Å². The number of likely N-dealkylation sites (tertiary alicyclic amines) is 1. The highest BCUT2D eigenvalue weighted by Gasteiger charge is 2.23. The van der Waals surface area contributed by atoms with Gasteiger partial charge in [-0.1, -0.05) is 6.92 Å². The third kappa shape index (κ3) is 2.73. The molecule has 0 aromatic carbocycles. The quantitative estimate of drug-likeness (QED) is 0.618. The summed E-state index contributed by atoms with van der Waals surface area (Å²) in [7, 11) is 0. The number of rotatable bonds is 2. The molecule has 1 saturated heterocycles. The number of nitrogens with two attached hydrogens (primary N) is 1. The van der Waals surface area contributed by atoms with Gasteiger partial charge in [0, 0.05) is 19.1 Å². The van der Waals surface area contributed by atoms with Crippen molar-refractivity contribution in [2.24, 2.45) is 11.7 Å². The van der Waals surface area contributed by atoms with Gasteiger partial charge in [0.2, 0.25) is 0 Å². The number of hydrogen-bond donors (Lipinski definition) is 2. The lowest BCUT2D eigenvalue weighted by molar-refractivity contribution is 0.0938. The molecule has 3 atom stereocenters. The monoisotopic (exact) mass is 172 g/mol. The minimum atomic E-state index is -0.231. The first kappa shape index (κ1) is 9.96.